The monoisotopic (exact) mass is 267 g/mol. The van der Waals surface area contributed by atoms with Crippen LogP contribution in [0.3, 0.4) is 0 Å². The predicted octanol–water partition coefficient (Wildman–Crippen LogP) is 3.67. The second kappa shape index (κ2) is 5.64. The summed E-state index contributed by atoms with van der Waals surface area (Å²) in [5.41, 5.74) is 2.19. The molecule has 0 spiro atoms. The zero-order valence-corrected chi connectivity index (χ0v) is 13.1. The maximum atomic E-state index is 5.45. The molecule has 0 amide bonds. The van der Waals surface area contributed by atoms with Crippen molar-refractivity contribution >= 4 is 31.2 Å². The predicted molar refractivity (Wildman–Crippen MR) is 81.5 cm³/mol. The summed E-state index contributed by atoms with van der Waals surface area (Å²) in [6.45, 7) is 9.51. The van der Waals surface area contributed by atoms with E-state index in [-0.39, 0.29) is 0 Å². The van der Waals surface area contributed by atoms with Crippen LogP contribution >= 0.6 is 12.2 Å². The van der Waals surface area contributed by atoms with Crippen molar-refractivity contribution in [2.45, 2.75) is 26.6 Å². The van der Waals surface area contributed by atoms with Crippen LogP contribution in [0.2, 0.25) is 19.6 Å². The Morgan fingerprint density at radius 2 is 1.88 bits per heavy atom. The van der Waals surface area contributed by atoms with Gasteiger partial charge < -0.3 is 9.30 Å². The Morgan fingerprint density at radius 1 is 1.29 bits per heavy atom. The number of benzene rings is 1. The zero-order chi connectivity index (χ0) is 13.1. The molecule has 0 saturated heterocycles. The third-order valence-corrected chi connectivity index (χ3v) is 5.36. The molecular weight excluding hydrogens is 246 g/mol. The van der Waals surface area contributed by atoms with E-state index >= 15 is 0 Å². The largest absolute Gasteiger partial charge is 0.483 e. The topological polar surface area (TPSA) is 12.5 Å². The van der Waals surface area contributed by atoms with Crippen molar-refractivity contribution in [3.63, 3.8) is 0 Å². The van der Waals surface area contributed by atoms with Gasteiger partial charge in [-0.25, -0.2) is 0 Å². The molecule has 0 radical (unpaired) electrons. The highest BCUT2D eigenvalue weighted by Crippen LogP contribution is 2.25. The molecular formula is C13H21NOSSi. The molecule has 0 saturated carbocycles. The molecule has 0 aliphatic rings. The van der Waals surface area contributed by atoms with Crippen LogP contribution in [0, 0.1) is 0 Å². The third kappa shape index (κ3) is 3.54. The highest BCUT2D eigenvalue weighted by Gasteiger charge is 2.23. The van der Waals surface area contributed by atoms with Gasteiger partial charge in [0.1, 0.15) is 8.24 Å². The minimum atomic E-state index is -1.38. The maximum Gasteiger partial charge on any atom is 0.193 e. The summed E-state index contributed by atoms with van der Waals surface area (Å²) >= 11 is 5.32. The van der Waals surface area contributed by atoms with E-state index in [1.807, 2.05) is 25.1 Å². The fourth-order valence-electron chi connectivity index (χ4n) is 1.51. The molecule has 1 aromatic rings. The lowest BCUT2D eigenvalue weighted by atomic mass is 10.2. The molecule has 0 N–H and O–H groups in total. The van der Waals surface area contributed by atoms with E-state index in [1.165, 1.54) is 5.69 Å². The Kier molecular flexibility index (Phi) is 4.71. The molecule has 0 unspecified atom stereocenters. The first-order chi connectivity index (χ1) is 7.88. The van der Waals surface area contributed by atoms with E-state index < -0.39 is 8.24 Å². The van der Waals surface area contributed by atoms with Gasteiger partial charge in [0.15, 0.2) is 5.05 Å². The molecule has 0 atom stereocenters. The fourth-order valence-corrected chi connectivity index (χ4v) is 2.72. The summed E-state index contributed by atoms with van der Waals surface area (Å²) in [6.07, 6.45) is 0. The Bertz CT molecular complexity index is 401. The minimum absolute atomic E-state index is 0.591. The molecule has 17 heavy (non-hydrogen) atoms. The molecule has 0 heterocycles. The quantitative estimate of drug-likeness (QED) is 0.610. The lowest BCUT2D eigenvalue weighted by Gasteiger charge is -2.33. The number of hydrogen-bond acceptors (Lipinski definition) is 3. The average molecular weight is 267 g/mol. The Morgan fingerprint density at radius 3 is 2.41 bits per heavy atom. The third-order valence-electron chi connectivity index (χ3n) is 2.77. The summed E-state index contributed by atoms with van der Waals surface area (Å²) < 4.78 is 7.81. The SMILES string of the molecule is CCOC(=S)c1ccccc1N(C)[Si](C)(C)C. The average Bonchev–Trinajstić information content (AvgIpc) is 2.27. The minimum Gasteiger partial charge on any atom is -0.483 e. The summed E-state index contributed by atoms with van der Waals surface area (Å²) in [6, 6.07) is 8.19. The molecule has 0 bridgehead atoms. The number of nitrogens with zero attached hydrogens (tertiary/aromatic N) is 1. The van der Waals surface area contributed by atoms with Crippen molar-refractivity contribution < 1.29 is 4.74 Å². The standard InChI is InChI=1S/C13H21NOSSi/c1-6-15-13(16)11-9-7-8-10-12(11)14(2)17(3,4)5/h7-10H,6H2,1-5H3. The van der Waals surface area contributed by atoms with Crippen molar-refractivity contribution in [2.24, 2.45) is 0 Å². The fraction of sp³-hybridized carbons (Fsp3) is 0.462. The first-order valence-corrected chi connectivity index (χ1v) is 9.73. The zero-order valence-electron chi connectivity index (χ0n) is 11.3. The molecule has 0 aliphatic heterocycles. The van der Waals surface area contributed by atoms with Crippen LogP contribution in [0.1, 0.15) is 12.5 Å². The lowest BCUT2D eigenvalue weighted by molar-refractivity contribution is 0.338. The molecule has 1 rings (SSSR count). The van der Waals surface area contributed by atoms with Gasteiger partial charge in [-0.3, -0.25) is 0 Å². The van der Waals surface area contributed by atoms with Crippen molar-refractivity contribution in [3.8, 4) is 0 Å². The Hall–Kier alpha value is -0.873. The van der Waals surface area contributed by atoms with Gasteiger partial charge >= 0.3 is 0 Å². The van der Waals surface area contributed by atoms with Crippen LogP contribution in [0.5, 0.6) is 0 Å². The van der Waals surface area contributed by atoms with Gasteiger partial charge in [0, 0.05) is 5.69 Å². The van der Waals surface area contributed by atoms with Crippen molar-refractivity contribution in [3.05, 3.63) is 29.8 Å². The van der Waals surface area contributed by atoms with Gasteiger partial charge in [-0.15, -0.1) is 0 Å². The number of para-hydroxylation sites is 1. The van der Waals surface area contributed by atoms with Crippen LogP contribution in [0.4, 0.5) is 5.69 Å². The summed E-state index contributed by atoms with van der Waals surface area (Å²) in [5.74, 6) is 0. The maximum absolute atomic E-state index is 5.45. The van der Waals surface area contributed by atoms with Crippen molar-refractivity contribution in [2.75, 3.05) is 18.2 Å². The van der Waals surface area contributed by atoms with Crippen LogP contribution in [-0.2, 0) is 4.74 Å². The van der Waals surface area contributed by atoms with Crippen LogP contribution in [0.25, 0.3) is 0 Å². The highest BCUT2D eigenvalue weighted by molar-refractivity contribution is 7.80. The van der Waals surface area contributed by atoms with Crippen molar-refractivity contribution in [1.29, 1.82) is 0 Å². The smallest absolute Gasteiger partial charge is 0.193 e. The molecule has 4 heteroatoms. The molecule has 2 nitrogen and oxygen atoms in total. The van der Waals surface area contributed by atoms with Crippen molar-refractivity contribution in [1.82, 2.24) is 0 Å². The first-order valence-electron chi connectivity index (χ1n) is 5.88. The normalized spacial score (nSPS) is 11.1. The van der Waals surface area contributed by atoms with Crippen LogP contribution in [-0.4, -0.2) is 26.9 Å². The molecule has 0 fully saturated rings. The number of rotatable bonds is 4. The molecule has 94 valence electrons. The highest BCUT2D eigenvalue weighted by atomic mass is 32.1. The number of hydrogen-bond donors (Lipinski definition) is 0. The van der Waals surface area contributed by atoms with Gasteiger partial charge in [-0.1, -0.05) is 31.8 Å². The number of anilines is 1. The van der Waals surface area contributed by atoms with Gasteiger partial charge in [0.2, 0.25) is 0 Å². The number of thiocarbonyl (C=S) groups is 1. The lowest BCUT2D eigenvalue weighted by Crippen LogP contribution is -2.43. The Labute approximate surface area is 111 Å². The van der Waals surface area contributed by atoms with E-state index in [4.69, 9.17) is 17.0 Å². The second-order valence-electron chi connectivity index (χ2n) is 4.97. The molecule has 0 aromatic heterocycles. The Balaban J connectivity index is 3.12. The van der Waals surface area contributed by atoms with Gasteiger partial charge in [0.05, 0.1) is 12.2 Å². The van der Waals surface area contributed by atoms with E-state index in [2.05, 4.69) is 37.3 Å². The second-order valence-corrected chi connectivity index (χ2v) is 10.4. The van der Waals surface area contributed by atoms with Gasteiger partial charge in [-0.05, 0) is 38.3 Å². The van der Waals surface area contributed by atoms with E-state index in [0.717, 1.165) is 5.56 Å². The number of ether oxygens (including phenoxy) is 1. The van der Waals surface area contributed by atoms with Gasteiger partial charge in [-0.2, -0.15) is 0 Å². The molecule has 0 aliphatic carbocycles. The summed E-state index contributed by atoms with van der Waals surface area (Å²) in [4.78, 5) is 0. The van der Waals surface area contributed by atoms with Crippen LogP contribution in [0.15, 0.2) is 24.3 Å². The van der Waals surface area contributed by atoms with E-state index in [9.17, 15) is 0 Å². The van der Waals surface area contributed by atoms with Gasteiger partial charge in [0.25, 0.3) is 0 Å². The summed E-state index contributed by atoms with van der Waals surface area (Å²) in [5, 5.41) is 0.591. The van der Waals surface area contributed by atoms with Crippen LogP contribution < -0.4 is 4.57 Å². The van der Waals surface area contributed by atoms with E-state index in [1.54, 1.807) is 0 Å². The molecule has 1 aromatic carbocycles. The first kappa shape index (κ1) is 14.2. The summed E-state index contributed by atoms with van der Waals surface area (Å²) in [7, 11) is 0.755. The van der Waals surface area contributed by atoms with E-state index in [0.29, 0.717) is 11.7 Å².